The number of benzene rings is 1. The highest BCUT2D eigenvalue weighted by atomic mass is 32.1. The highest BCUT2D eigenvalue weighted by Crippen LogP contribution is 2.37. The minimum Gasteiger partial charge on any atom is -0.388 e. The normalized spacial score (nSPS) is 19.9. The van der Waals surface area contributed by atoms with E-state index in [1.54, 1.807) is 17.7 Å². The summed E-state index contributed by atoms with van der Waals surface area (Å²) < 4.78 is 3.54. The Kier molecular flexibility index (Phi) is 9.50. The van der Waals surface area contributed by atoms with Crippen molar-refractivity contribution in [3.05, 3.63) is 99.9 Å². The molecule has 0 spiro atoms. The molecule has 1 N–H and O–H groups in total. The Morgan fingerprint density at radius 3 is 2.53 bits per heavy atom. The van der Waals surface area contributed by atoms with Crippen molar-refractivity contribution < 1.29 is 9.90 Å². The van der Waals surface area contributed by atoms with Crippen molar-refractivity contribution in [1.82, 2.24) is 33.9 Å². The van der Waals surface area contributed by atoms with Crippen LogP contribution in [0.3, 0.4) is 0 Å². The molecule has 10 nitrogen and oxygen atoms in total. The molecule has 2 fully saturated rings. The molecular formula is C38H45N7O3S. The summed E-state index contributed by atoms with van der Waals surface area (Å²) in [5, 5.41) is 13.1. The molecule has 0 radical (unpaired) electrons. The number of carbonyl (C=O) groups is 1. The summed E-state index contributed by atoms with van der Waals surface area (Å²) in [7, 11) is 0. The zero-order valence-electron chi connectivity index (χ0n) is 28.5. The van der Waals surface area contributed by atoms with Gasteiger partial charge in [0.2, 0.25) is 5.91 Å². The molecule has 4 aromatic heterocycles. The van der Waals surface area contributed by atoms with E-state index in [4.69, 9.17) is 0 Å². The first kappa shape index (κ1) is 33.3. The highest BCUT2D eigenvalue weighted by Gasteiger charge is 2.41. The molecule has 2 aliphatic rings. The molecule has 0 bridgehead atoms. The Bertz CT molecular complexity index is 1960. The first-order valence-corrected chi connectivity index (χ1v) is 18.2. The molecule has 2 aliphatic heterocycles. The lowest BCUT2D eigenvalue weighted by molar-refractivity contribution is -0.142. The SMILES string of the molecule is Cc1ccc(-c2ncc(CN3CC[C@@H](C(=O)N4CCC(O)(Cn5cnc6c(ccn6CC(C)C)c5=O)CC4)[C@H](c4ccccc4)C3)s2)cn1. The number of hydrogen-bond donors (Lipinski definition) is 1. The molecule has 0 saturated carbocycles. The quantitative estimate of drug-likeness (QED) is 0.224. The minimum atomic E-state index is -1.08. The van der Waals surface area contributed by atoms with Gasteiger partial charge in [-0.25, -0.2) is 9.97 Å². The number of aromatic nitrogens is 5. The second-order valence-corrected chi connectivity index (χ2v) is 15.4. The van der Waals surface area contributed by atoms with Crippen LogP contribution in [0.15, 0.2) is 78.2 Å². The van der Waals surface area contributed by atoms with Gasteiger partial charge < -0.3 is 14.6 Å². The van der Waals surface area contributed by atoms with E-state index in [0.717, 1.165) is 48.9 Å². The average molecular weight is 680 g/mol. The maximum atomic E-state index is 14.2. The number of pyridine rings is 1. The summed E-state index contributed by atoms with van der Waals surface area (Å²) in [5.74, 6) is 0.527. The number of carbonyl (C=O) groups excluding carboxylic acids is 1. The molecule has 7 rings (SSSR count). The Balaban J connectivity index is 1.01. The number of thiazole rings is 1. The number of aliphatic hydroxyl groups is 1. The first-order chi connectivity index (χ1) is 23.7. The number of hydrogen-bond acceptors (Lipinski definition) is 8. The molecule has 2 saturated heterocycles. The lowest BCUT2D eigenvalue weighted by Crippen LogP contribution is -2.53. The fourth-order valence-electron chi connectivity index (χ4n) is 7.44. The Morgan fingerprint density at radius 1 is 1.00 bits per heavy atom. The van der Waals surface area contributed by atoms with Crippen molar-refractivity contribution >= 4 is 28.3 Å². The molecule has 1 amide bonds. The molecular weight excluding hydrogens is 635 g/mol. The van der Waals surface area contributed by atoms with Crippen LogP contribution in [0.5, 0.6) is 0 Å². The second kappa shape index (κ2) is 14.0. The zero-order valence-corrected chi connectivity index (χ0v) is 29.4. The van der Waals surface area contributed by atoms with Crippen LogP contribution in [-0.2, 0) is 24.4 Å². The van der Waals surface area contributed by atoms with Gasteiger partial charge in [-0.3, -0.25) is 24.0 Å². The van der Waals surface area contributed by atoms with Crippen molar-refractivity contribution in [3.8, 4) is 10.6 Å². The summed E-state index contributed by atoms with van der Waals surface area (Å²) >= 11 is 1.70. The number of fused-ring (bicyclic) bond motifs is 1. The van der Waals surface area contributed by atoms with E-state index in [1.165, 1.54) is 15.0 Å². The summed E-state index contributed by atoms with van der Waals surface area (Å²) in [6, 6.07) is 16.3. The Morgan fingerprint density at radius 2 is 1.80 bits per heavy atom. The lowest BCUT2D eigenvalue weighted by Gasteiger charge is -2.43. The van der Waals surface area contributed by atoms with E-state index in [9.17, 15) is 14.7 Å². The molecule has 49 heavy (non-hydrogen) atoms. The third kappa shape index (κ3) is 7.25. The van der Waals surface area contributed by atoms with Gasteiger partial charge in [0.15, 0.2) is 0 Å². The standard InChI is InChI=1S/C38H45N7O3S/c1-26(2)21-44-16-12-32-34(44)41-25-45(37(32)47)24-38(48)13-17-43(18-14-38)36(46)31-11-15-42(23-33(31)28-7-5-4-6-8-28)22-30-20-40-35(49-30)29-10-9-27(3)39-19-29/h4-10,12,16,19-20,25-26,31,33,48H,11,13-15,17-18,21-24H2,1-3H3/t31-,33+/m1/s1. The second-order valence-electron chi connectivity index (χ2n) is 14.3. The molecule has 0 unspecified atom stereocenters. The van der Waals surface area contributed by atoms with Crippen LogP contribution >= 0.6 is 11.3 Å². The number of nitrogens with zero attached hydrogens (tertiary/aromatic N) is 7. The monoisotopic (exact) mass is 679 g/mol. The van der Waals surface area contributed by atoms with Crippen LogP contribution in [0.25, 0.3) is 21.6 Å². The van der Waals surface area contributed by atoms with E-state index >= 15 is 0 Å². The van der Waals surface area contributed by atoms with Gasteiger partial charge in [-0.2, -0.15) is 0 Å². The maximum Gasteiger partial charge on any atom is 0.262 e. The first-order valence-electron chi connectivity index (χ1n) is 17.4. The Labute approximate surface area is 291 Å². The van der Waals surface area contributed by atoms with Gasteiger partial charge in [-0.1, -0.05) is 44.2 Å². The lowest BCUT2D eigenvalue weighted by atomic mass is 9.79. The summed E-state index contributed by atoms with van der Waals surface area (Å²) in [5.41, 5.74) is 2.65. The van der Waals surface area contributed by atoms with Gasteiger partial charge in [-0.15, -0.1) is 11.3 Å². The van der Waals surface area contributed by atoms with Crippen LogP contribution in [0.4, 0.5) is 0 Å². The van der Waals surface area contributed by atoms with Gasteiger partial charge in [0.1, 0.15) is 17.0 Å². The third-order valence-electron chi connectivity index (χ3n) is 10.1. The number of likely N-dealkylation sites (tertiary alicyclic amines) is 2. The van der Waals surface area contributed by atoms with E-state index in [1.807, 2.05) is 53.2 Å². The number of amides is 1. The number of rotatable bonds is 9. The fourth-order valence-corrected chi connectivity index (χ4v) is 8.38. The molecule has 256 valence electrons. The van der Waals surface area contributed by atoms with Gasteiger partial charge in [-0.05, 0) is 62.4 Å². The van der Waals surface area contributed by atoms with Crippen LogP contribution in [-0.4, -0.2) is 76.7 Å². The zero-order chi connectivity index (χ0) is 34.1. The maximum absolute atomic E-state index is 14.2. The van der Waals surface area contributed by atoms with Crippen molar-refractivity contribution in [3.63, 3.8) is 0 Å². The van der Waals surface area contributed by atoms with Gasteiger partial charge in [0.05, 0.1) is 17.5 Å². The Hall–Kier alpha value is -4.19. The van der Waals surface area contributed by atoms with Gasteiger partial charge >= 0.3 is 0 Å². The van der Waals surface area contributed by atoms with Gasteiger partial charge in [0, 0.05) is 79.3 Å². The smallest absolute Gasteiger partial charge is 0.262 e. The van der Waals surface area contributed by atoms with Crippen LogP contribution < -0.4 is 5.56 Å². The highest BCUT2D eigenvalue weighted by molar-refractivity contribution is 7.15. The van der Waals surface area contributed by atoms with E-state index < -0.39 is 5.60 Å². The summed E-state index contributed by atoms with van der Waals surface area (Å²) in [6.45, 7) is 10.5. The van der Waals surface area contributed by atoms with Crippen molar-refractivity contribution in [1.29, 1.82) is 0 Å². The summed E-state index contributed by atoms with van der Waals surface area (Å²) in [6.07, 6.45) is 8.91. The van der Waals surface area contributed by atoms with Crippen molar-refractivity contribution in [2.75, 3.05) is 26.2 Å². The molecule has 1 aromatic carbocycles. The van der Waals surface area contributed by atoms with Crippen LogP contribution in [0, 0.1) is 18.8 Å². The number of piperidine rings is 2. The van der Waals surface area contributed by atoms with E-state index in [-0.39, 0.29) is 29.8 Å². The predicted molar refractivity (Wildman–Crippen MR) is 192 cm³/mol. The summed E-state index contributed by atoms with van der Waals surface area (Å²) in [4.78, 5) is 46.8. The topological polar surface area (TPSA) is 109 Å². The third-order valence-corrected chi connectivity index (χ3v) is 11.1. The largest absolute Gasteiger partial charge is 0.388 e. The molecule has 0 aliphatic carbocycles. The average Bonchev–Trinajstić information content (AvgIpc) is 3.74. The van der Waals surface area contributed by atoms with Gasteiger partial charge in [0.25, 0.3) is 5.56 Å². The fraction of sp³-hybridized carbons (Fsp3) is 0.447. The molecule has 11 heteroatoms. The molecule has 2 atom stereocenters. The predicted octanol–water partition coefficient (Wildman–Crippen LogP) is 5.34. The van der Waals surface area contributed by atoms with E-state index in [2.05, 4.69) is 64.0 Å². The van der Waals surface area contributed by atoms with E-state index in [0.29, 0.717) is 42.9 Å². The van der Waals surface area contributed by atoms with Crippen molar-refractivity contribution in [2.24, 2.45) is 11.8 Å². The van der Waals surface area contributed by atoms with Crippen LogP contribution in [0.2, 0.25) is 0 Å². The number of aryl methyl sites for hydroxylation is 1. The van der Waals surface area contributed by atoms with Crippen LogP contribution in [0.1, 0.15) is 55.2 Å². The molecule has 5 aromatic rings. The van der Waals surface area contributed by atoms with Crippen molar-refractivity contribution in [2.45, 2.75) is 71.2 Å². The molecule has 6 heterocycles. The minimum absolute atomic E-state index is 0.0660.